The van der Waals surface area contributed by atoms with Gasteiger partial charge in [0.05, 0.1) is 0 Å². The standard InChI is InChI=1S/C27H33N/c1-3-5-7-9-22-11-13-23(14-12-22)24-15-17-25(18-16-24)26-19-20-27(28-21-26)10-8-6-4-2/h11-21H,3-10H2,1-2H3. The fourth-order valence-corrected chi connectivity index (χ4v) is 3.60. The minimum Gasteiger partial charge on any atom is -0.261 e. The number of aryl methyl sites for hydroxylation is 2. The summed E-state index contributed by atoms with van der Waals surface area (Å²) in [6.45, 7) is 4.49. The van der Waals surface area contributed by atoms with E-state index >= 15 is 0 Å². The molecule has 2 aromatic carbocycles. The molecule has 0 N–H and O–H groups in total. The zero-order valence-electron chi connectivity index (χ0n) is 17.5. The van der Waals surface area contributed by atoms with E-state index in [9.17, 15) is 0 Å². The summed E-state index contributed by atoms with van der Waals surface area (Å²) in [5.74, 6) is 0. The molecule has 0 bridgehead atoms. The molecule has 0 fully saturated rings. The average Bonchev–Trinajstić information content (AvgIpc) is 2.75. The van der Waals surface area contributed by atoms with Gasteiger partial charge in [-0.2, -0.15) is 0 Å². The van der Waals surface area contributed by atoms with Crippen LogP contribution in [-0.2, 0) is 12.8 Å². The molecule has 146 valence electrons. The maximum Gasteiger partial charge on any atom is 0.0404 e. The van der Waals surface area contributed by atoms with Crippen LogP contribution < -0.4 is 0 Å². The molecule has 0 amide bonds. The molecule has 3 rings (SSSR count). The van der Waals surface area contributed by atoms with Gasteiger partial charge in [-0.15, -0.1) is 0 Å². The maximum absolute atomic E-state index is 4.65. The quantitative estimate of drug-likeness (QED) is 0.330. The van der Waals surface area contributed by atoms with Gasteiger partial charge in [0.1, 0.15) is 0 Å². The molecule has 0 spiro atoms. The Hall–Kier alpha value is -2.41. The Morgan fingerprint density at radius 3 is 1.57 bits per heavy atom. The van der Waals surface area contributed by atoms with Gasteiger partial charge in [0.2, 0.25) is 0 Å². The van der Waals surface area contributed by atoms with Gasteiger partial charge in [0.25, 0.3) is 0 Å². The van der Waals surface area contributed by atoms with E-state index < -0.39 is 0 Å². The van der Waals surface area contributed by atoms with Crippen molar-refractivity contribution in [2.45, 2.75) is 65.2 Å². The Labute approximate surface area is 170 Å². The van der Waals surface area contributed by atoms with Crippen molar-refractivity contribution in [1.29, 1.82) is 0 Å². The van der Waals surface area contributed by atoms with Crippen LogP contribution in [0, 0.1) is 0 Å². The van der Waals surface area contributed by atoms with Gasteiger partial charge in [-0.05, 0) is 54.0 Å². The Morgan fingerprint density at radius 2 is 1.04 bits per heavy atom. The van der Waals surface area contributed by atoms with Crippen molar-refractivity contribution in [3.63, 3.8) is 0 Å². The summed E-state index contributed by atoms with van der Waals surface area (Å²) in [4.78, 5) is 4.65. The fraction of sp³-hybridized carbons (Fsp3) is 0.370. The molecule has 0 aliphatic heterocycles. The molecule has 0 aliphatic rings. The molecule has 1 nitrogen and oxygen atoms in total. The van der Waals surface area contributed by atoms with Gasteiger partial charge < -0.3 is 0 Å². The van der Waals surface area contributed by atoms with Crippen LogP contribution in [0.3, 0.4) is 0 Å². The van der Waals surface area contributed by atoms with Gasteiger partial charge >= 0.3 is 0 Å². The van der Waals surface area contributed by atoms with Gasteiger partial charge in [0, 0.05) is 17.5 Å². The van der Waals surface area contributed by atoms with Crippen molar-refractivity contribution < 1.29 is 0 Å². The maximum atomic E-state index is 4.65. The summed E-state index contributed by atoms with van der Waals surface area (Å²) in [5, 5.41) is 0. The lowest BCUT2D eigenvalue weighted by Gasteiger charge is -2.07. The van der Waals surface area contributed by atoms with E-state index in [0.29, 0.717) is 0 Å². The van der Waals surface area contributed by atoms with Gasteiger partial charge in [-0.1, -0.05) is 94.1 Å². The fourth-order valence-electron chi connectivity index (χ4n) is 3.60. The summed E-state index contributed by atoms with van der Waals surface area (Å²) in [5.41, 5.74) is 7.62. The molecule has 0 atom stereocenters. The van der Waals surface area contributed by atoms with Crippen LogP contribution in [0.2, 0.25) is 0 Å². The largest absolute Gasteiger partial charge is 0.261 e. The third-order valence-electron chi connectivity index (χ3n) is 5.44. The van der Waals surface area contributed by atoms with Crippen LogP contribution in [0.1, 0.15) is 63.6 Å². The van der Waals surface area contributed by atoms with Crippen LogP contribution in [0.25, 0.3) is 22.3 Å². The van der Waals surface area contributed by atoms with Crippen LogP contribution in [0.5, 0.6) is 0 Å². The first-order valence-electron chi connectivity index (χ1n) is 10.9. The first-order chi connectivity index (χ1) is 13.8. The van der Waals surface area contributed by atoms with Crippen molar-refractivity contribution >= 4 is 0 Å². The highest BCUT2D eigenvalue weighted by atomic mass is 14.7. The number of benzene rings is 2. The van der Waals surface area contributed by atoms with E-state index in [2.05, 4.69) is 79.5 Å². The van der Waals surface area contributed by atoms with E-state index in [-0.39, 0.29) is 0 Å². The number of hydrogen-bond acceptors (Lipinski definition) is 1. The predicted octanol–water partition coefficient (Wildman–Crippen LogP) is 7.88. The smallest absolute Gasteiger partial charge is 0.0404 e. The molecule has 1 heterocycles. The Balaban J connectivity index is 1.63. The molecule has 3 aromatic rings. The predicted molar refractivity (Wildman–Crippen MR) is 122 cm³/mol. The van der Waals surface area contributed by atoms with Gasteiger partial charge in [0.15, 0.2) is 0 Å². The molecular weight excluding hydrogens is 338 g/mol. The number of unbranched alkanes of at least 4 members (excludes halogenated alkanes) is 4. The van der Waals surface area contributed by atoms with E-state index in [1.807, 2.05) is 6.20 Å². The van der Waals surface area contributed by atoms with Crippen LogP contribution in [0.4, 0.5) is 0 Å². The lowest BCUT2D eigenvalue weighted by atomic mass is 9.99. The monoisotopic (exact) mass is 371 g/mol. The first-order valence-corrected chi connectivity index (χ1v) is 10.9. The molecule has 0 saturated carbocycles. The third-order valence-corrected chi connectivity index (χ3v) is 5.44. The Bertz CT molecular complexity index is 741. The number of pyridine rings is 1. The van der Waals surface area contributed by atoms with Crippen molar-refractivity contribution in [2.75, 3.05) is 0 Å². The van der Waals surface area contributed by atoms with E-state index in [1.165, 1.54) is 78.5 Å². The second-order valence-electron chi connectivity index (χ2n) is 7.73. The lowest BCUT2D eigenvalue weighted by molar-refractivity contribution is 0.707. The topological polar surface area (TPSA) is 12.9 Å². The summed E-state index contributed by atoms with van der Waals surface area (Å²) in [6, 6.07) is 22.3. The SMILES string of the molecule is CCCCCc1ccc(-c2ccc(-c3ccc(CCCCC)nc3)cc2)cc1. The van der Waals surface area contributed by atoms with E-state index in [1.54, 1.807) is 0 Å². The number of aromatic nitrogens is 1. The zero-order chi connectivity index (χ0) is 19.6. The van der Waals surface area contributed by atoms with Crippen LogP contribution in [-0.4, -0.2) is 4.98 Å². The first kappa shape index (κ1) is 20.3. The Kier molecular flexibility index (Phi) is 7.84. The molecule has 28 heavy (non-hydrogen) atoms. The average molecular weight is 372 g/mol. The second kappa shape index (κ2) is 10.8. The van der Waals surface area contributed by atoms with Crippen molar-refractivity contribution in [3.05, 3.63) is 78.1 Å². The van der Waals surface area contributed by atoms with Crippen molar-refractivity contribution in [2.24, 2.45) is 0 Å². The minimum absolute atomic E-state index is 1.08. The Morgan fingerprint density at radius 1 is 0.536 bits per heavy atom. The zero-order valence-corrected chi connectivity index (χ0v) is 17.5. The second-order valence-corrected chi connectivity index (χ2v) is 7.73. The third kappa shape index (κ3) is 5.79. The van der Waals surface area contributed by atoms with E-state index in [0.717, 1.165) is 6.42 Å². The lowest BCUT2D eigenvalue weighted by Crippen LogP contribution is -1.90. The van der Waals surface area contributed by atoms with Gasteiger partial charge in [-0.3, -0.25) is 4.98 Å². The van der Waals surface area contributed by atoms with E-state index in [4.69, 9.17) is 0 Å². The number of rotatable bonds is 10. The minimum atomic E-state index is 1.08. The molecule has 1 heteroatoms. The molecule has 0 saturated heterocycles. The summed E-state index contributed by atoms with van der Waals surface area (Å²) < 4.78 is 0. The molecule has 0 aliphatic carbocycles. The van der Waals surface area contributed by atoms with Crippen LogP contribution in [0.15, 0.2) is 66.9 Å². The van der Waals surface area contributed by atoms with Crippen molar-refractivity contribution in [1.82, 2.24) is 4.98 Å². The summed E-state index contributed by atoms with van der Waals surface area (Å²) >= 11 is 0. The number of hydrogen-bond donors (Lipinski definition) is 0. The molecular formula is C27H33N. The highest BCUT2D eigenvalue weighted by Gasteiger charge is 2.03. The van der Waals surface area contributed by atoms with Crippen LogP contribution >= 0.6 is 0 Å². The molecule has 0 radical (unpaired) electrons. The van der Waals surface area contributed by atoms with Crippen molar-refractivity contribution in [3.8, 4) is 22.3 Å². The normalized spacial score (nSPS) is 10.9. The number of nitrogens with zero attached hydrogens (tertiary/aromatic N) is 1. The summed E-state index contributed by atoms with van der Waals surface area (Å²) in [7, 11) is 0. The summed E-state index contributed by atoms with van der Waals surface area (Å²) in [6.07, 6.45) is 11.9. The van der Waals surface area contributed by atoms with Gasteiger partial charge in [-0.25, -0.2) is 0 Å². The highest BCUT2D eigenvalue weighted by Crippen LogP contribution is 2.25. The highest BCUT2D eigenvalue weighted by molar-refractivity contribution is 5.70. The molecule has 1 aromatic heterocycles. The molecule has 0 unspecified atom stereocenters.